The Morgan fingerprint density at radius 3 is 2.47 bits per heavy atom. The number of piperidine rings is 1. The van der Waals surface area contributed by atoms with Crippen LogP contribution in [0.1, 0.15) is 45.4 Å². The molecule has 0 aromatic rings. The Morgan fingerprint density at radius 1 is 1.18 bits per heavy atom. The van der Waals surface area contributed by atoms with Gasteiger partial charge in [0.1, 0.15) is 0 Å². The third-order valence-electron chi connectivity index (χ3n) is 4.17. The summed E-state index contributed by atoms with van der Waals surface area (Å²) in [5.41, 5.74) is 0. The lowest BCUT2D eigenvalue weighted by Crippen LogP contribution is -2.40. The Morgan fingerprint density at radius 2 is 1.82 bits per heavy atom. The van der Waals surface area contributed by atoms with E-state index < -0.39 is 0 Å². The van der Waals surface area contributed by atoms with Gasteiger partial charge in [0.15, 0.2) is 0 Å². The van der Waals surface area contributed by atoms with Crippen LogP contribution in [0.3, 0.4) is 0 Å². The SMILES string of the molecule is CC1CCN(C[C@H](O)COC2CCCC2)CC1. The minimum absolute atomic E-state index is 0.302. The van der Waals surface area contributed by atoms with Gasteiger partial charge in [-0.15, -0.1) is 0 Å². The van der Waals surface area contributed by atoms with Crippen molar-refractivity contribution in [1.29, 1.82) is 0 Å². The zero-order chi connectivity index (χ0) is 12.1. The lowest BCUT2D eigenvalue weighted by Gasteiger charge is -2.31. The average Bonchev–Trinajstić information content (AvgIpc) is 2.83. The molecule has 0 aromatic carbocycles. The van der Waals surface area contributed by atoms with E-state index in [-0.39, 0.29) is 6.10 Å². The van der Waals surface area contributed by atoms with Crippen molar-refractivity contribution in [2.75, 3.05) is 26.2 Å². The average molecular weight is 241 g/mol. The summed E-state index contributed by atoms with van der Waals surface area (Å²) in [5.74, 6) is 0.859. The van der Waals surface area contributed by atoms with Crippen molar-refractivity contribution in [1.82, 2.24) is 4.90 Å². The minimum Gasteiger partial charge on any atom is -0.389 e. The Labute approximate surface area is 105 Å². The topological polar surface area (TPSA) is 32.7 Å². The molecule has 0 aromatic heterocycles. The Hall–Kier alpha value is -0.120. The van der Waals surface area contributed by atoms with E-state index in [1.165, 1.54) is 38.5 Å². The first-order valence-corrected chi connectivity index (χ1v) is 7.26. The third-order valence-corrected chi connectivity index (χ3v) is 4.17. The first-order valence-electron chi connectivity index (χ1n) is 7.26. The highest BCUT2D eigenvalue weighted by Gasteiger charge is 2.20. The molecule has 0 spiro atoms. The smallest absolute Gasteiger partial charge is 0.0900 e. The monoisotopic (exact) mass is 241 g/mol. The molecule has 1 N–H and O–H groups in total. The summed E-state index contributed by atoms with van der Waals surface area (Å²) in [6.07, 6.45) is 7.64. The summed E-state index contributed by atoms with van der Waals surface area (Å²) in [6, 6.07) is 0. The molecule has 1 saturated heterocycles. The van der Waals surface area contributed by atoms with Crippen molar-refractivity contribution in [3.8, 4) is 0 Å². The molecule has 17 heavy (non-hydrogen) atoms. The minimum atomic E-state index is -0.302. The number of aliphatic hydroxyl groups excluding tert-OH is 1. The summed E-state index contributed by atoms with van der Waals surface area (Å²) >= 11 is 0. The fraction of sp³-hybridized carbons (Fsp3) is 1.00. The number of nitrogens with zero attached hydrogens (tertiary/aromatic N) is 1. The van der Waals surface area contributed by atoms with Gasteiger partial charge in [-0.3, -0.25) is 0 Å². The van der Waals surface area contributed by atoms with E-state index in [4.69, 9.17) is 4.74 Å². The van der Waals surface area contributed by atoms with E-state index in [1.807, 2.05) is 0 Å². The zero-order valence-electron chi connectivity index (χ0n) is 11.1. The van der Waals surface area contributed by atoms with Crippen molar-refractivity contribution in [2.45, 2.75) is 57.7 Å². The zero-order valence-corrected chi connectivity index (χ0v) is 11.1. The van der Waals surface area contributed by atoms with Crippen LogP contribution in [0.25, 0.3) is 0 Å². The summed E-state index contributed by atoms with van der Waals surface area (Å²) in [6.45, 7) is 5.91. The lowest BCUT2D eigenvalue weighted by atomic mass is 9.99. The van der Waals surface area contributed by atoms with Gasteiger partial charge in [-0.25, -0.2) is 0 Å². The molecule has 2 fully saturated rings. The third kappa shape index (κ3) is 4.57. The maximum Gasteiger partial charge on any atom is 0.0900 e. The van der Waals surface area contributed by atoms with Gasteiger partial charge >= 0.3 is 0 Å². The van der Waals surface area contributed by atoms with E-state index in [1.54, 1.807) is 0 Å². The van der Waals surface area contributed by atoms with Crippen molar-refractivity contribution < 1.29 is 9.84 Å². The van der Waals surface area contributed by atoms with Crippen LogP contribution in [0.15, 0.2) is 0 Å². The molecule has 0 bridgehead atoms. The van der Waals surface area contributed by atoms with Gasteiger partial charge in [0.2, 0.25) is 0 Å². The number of likely N-dealkylation sites (tertiary alicyclic amines) is 1. The maximum atomic E-state index is 9.96. The largest absolute Gasteiger partial charge is 0.389 e. The highest BCUT2D eigenvalue weighted by atomic mass is 16.5. The summed E-state index contributed by atoms with van der Waals surface area (Å²) in [4.78, 5) is 2.38. The predicted octanol–water partition coefficient (Wildman–Crippen LogP) is 2.04. The molecule has 0 amide bonds. The van der Waals surface area contributed by atoms with E-state index in [0.29, 0.717) is 12.7 Å². The normalized spacial score (nSPS) is 26.5. The van der Waals surface area contributed by atoms with Gasteiger partial charge in [-0.2, -0.15) is 0 Å². The van der Waals surface area contributed by atoms with Gasteiger partial charge < -0.3 is 14.7 Å². The number of rotatable bonds is 5. The molecule has 1 aliphatic heterocycles. The quantitative estimate of drug-likeness (QED) is 0.799. The van der Waals surface area contributed by atoms with E-state index in [9.17, 15) is 5.11 Å². The molecule has 1 aliphatic carbocycles. The Balaban J connectivity index is 1.58. The number of ether oxygens (including phenoxy) is 1. The second-order valence-corrected chi connectivity index (χ2v) is 5.88. The van der Waals surface area contributed by atoms with Crippen LogP contribution < -0.4 is 0 Å². The van der Waals surface area contributed by atoms with Crippen LogP contribution in [0, 0.1) is 5.92 Å². The van der Waals surface area contributed by atoms with Gasteiger partial charge in [-0.05, 0) is 44.7 Å². The number of hydrogen-bond donors (Lipinski definition) is 1. The standard InChI is InChI=1S/C14H27NO2/c1-12-6-8-15(9-7-12)10-13(16)11-17-14-4-2-3-5-14/h12-14,16H,2-11H2,1H3/t13-/m0/s1. The number of β-amino-alcohol motifs (C(OH)–C–C–N with tert-alkyl or cyclic N) is 1. The molecule has 100 valence electrons. The Kier molecular flexibility index (Phi) is 5.26. The molecule has 3 heteroatoms. The van der Waals surface area contributed by atoms with Gasteiger partial charge in [0.05, 0.1) is 18.8 Å². The van der Waals surface area contributed by atoms with Crippen LogP contribution in [-0.2, 0) is 4.74 Å². The highest BCUT2D eigenvalue weighted by Crippen LogP contribution is 2.21. The van der Waals surface area contributed by atoms with Crippen molar-refractivity contribution in [3.63, 3.8) is 0 Å². The molecule has 1 atom stereocenters. The fourth-order valence-electron chi connectivity index (χ4n) is 2.90. The van der Waals surface area contributed by atoms with Crippen LogP contribution in [0.2, 0.25) is 0 Å². The maximum absolute atomic E-state index is 9.96. The molecule has 1 saturated carbocycles. The second kappa shape index (κ2) is 6.72. The van der Waals surface area contributed by atoms with Gasteiger partial charge in [-0.1, -0.05) is 19.8 Å². The fourth-order valence-corrected chi connectivity index (χ4v) is 2.90. The number of hydrogen-bond acceptors (Lipinski definition) is 3. The van der Waals surface area contributed by atoms with Crippen molar-refractivity contribution >= 4 is 0 Å². The van der Waals surface area contributed by atoms with Crippen molar-refractivity contribution in [3.05, 3.63) is 0 Å². The lowest BCUT2D eigenvalue weighted by molar-refractivity contribution is -0.0214. The van der Waals surface area contributed by atoms with E-state index >= 15 is 0 Å². The predicted molar refractivity (Wildman–Crippen MR) is 69.1 cm³/mol. The van der Waals surface area contributed by atoms with E-state index in [0.717, 1.165) is 25.6 Å². The van der Waals surface area contributed by atoms with E-state index in [2.05, 4.69) is 11.8 Å². The molecule has 2 aliphatic rings. The van der Waals surface area contributed by atoms with Crippen molar-refractivity contribution in [2.24, 2.45) is 5.92 Å². The van der Waals surface area contributed by atoms with Crippen LogP contribution in [0.4, 0.5) is 0 Å². The molecule has 0 radical (unpaired) electrons. The molecular weight excluding hydrogens is 214 g/mol. The van der Waals surface area contributed by atoms with Crippen LogP contribution >= 0.6 is 0 Å². The molecular formula is C14H27NO2. The first kappa shape index (κ1) is 13.3. The summed E-state index contributed by atoms with van der Waals surface area (Å²) in [5, 5.41) is 9.96. The molecule has 3 nitrogen and oxygen atoms in total. The summed E-state index contributed by atoms with van der Waals surface area (Å²) in [7, 11) is 0. The first-order chi connectivity index (χ1) is 8.24. The molecule has 2 rings (SSSR count). The Bertz CT molecular complexity index is 208. The summed E-state index contributed by atoms with van der Waals surface area (Å²) < 4.78 is 5.75. The molecule has 1 heterocycles. The highest BCUT2D eigenvalue weighted by molar-refractivity contribution is 4.73. The van der Waals surface area contributed by atoms with Gasteiger partial charge in [0, 0.05) is 6.54 Å². The number of aliphatic hydroxyl groups is 1. The van der Waals surface area contributed by atoms with Crippen LogP contribution in [0.5, 0.6) is 0 Å². The second-order valence-electron chi connectivity index (χ2n) is 5.88. The molecule has 0 unspecified atom stereocenters. The van der Waals surface area contributed by atoms with Gasteiger partial charge in [0.25, 0.3) is 0 Å². The van der Waals surface area contributed by atoms with Crippen LogP contribution in [-0.4, -0.2) is 48.5 Å².